The van der Waals surface area contributed by atoms with Crippen molar-refractivity contribution in [2.45, 2.75) is 52.6 Å². The van der Waals surface area contributed by atoms with E-state index in [-0.39, 0.29) is 13.0 Å². The van der Waals surface area contributed by atoms with Gasteiger partial charge in [0, 0.05) is 26.2 Å². The monoisotopic (exact) mass is 501 g/mol. The fourth-order valence-corrected chi connectivity index (χ4v) is 3.50. The molecule has 2 aromatic carbocycles. The Morgan fingerprint density at radius 1 is 0.944 bits per heavy atom. The highest BCUT2D eigenvalue weighted by Gasteiger charge is 2.18. The molecule has 8 nitrogen and oxygen atoms in total. The average Bonchev–Trinajstić information content (AvgIpc) is 2.85. The van der Waals surface area contributed by atoms with Gasteiger partial charge in [0.2, 0.25) is 0 Å². The predicted octanol–water partition coefficient (Wildman–Crippen LogP) is 5.11. The molecule has 0 saturated carbocycles. The number of ether oxygens (including phenoxy) is 4. The van der Waals surface area contributed by atoms with E-state index in [0.717, 1.165) is 30.4 Å². The molecule has 0 saturated heterocycles. The molecule has 0 radical (unpaired) electrons. The van der Waals surface area contributed by atoms with Crippen molar-refractivity contribution in [1.29, 1.82) is 0 Å². The van der Waals surface area contributed by atoms with Crippen molar-refractivity contribution < 1.29 is 33.6 Å². The van der Waals surface area contributed by atoms with Gasteiger partial charge in [-0.1, -0.05) is 44.0 Å². The minimum absolute atomic E-state index is 0.273. The first-order valence-electron chi connectivity index (χ1n) is 12.6. The first-order valence-corrected chi connectivity index (χ1v) is 12.6. The van der Waals surface area contributed by atoms with Gasteiger partial charge in [-0.15, -0.1) is 0 Å². The lowest BCUT2D eigenvalue weighted by molar-refractivity contribution is -0.149. The standard InChI is InChI=1S/C28H39NO7/c1-4-6-7-17-33-18-15-29(28(32)36-25-10-8-9-22(3)20-25)16-19-35-24-13-11-23(12-14-24)21-26(27(30)31)34-5-2/h8-14,20,26H,4-7,15-19,21H2,1-3H3,(H,30,31). The maximum absolute atomic E-state index is 12.8. The number of carboxylic acid groups (broad SMARTS) is 1. The Balaban J connectivity index is 1.89. The van der Waals surface area contributed by atoms with Crippen LogP contribution >= 0.6 is 0 Å². The molecule has 0 aliphatic rings. The molecular formula is C28H39NO7. The van der Waals surface area contributed by atoms with Crippen LogP contribution in [0.15, 0.2) is 48.5 Å². The van der Waals surface area contributed by atoms with Gasteiger partial charge in [-0.05, 0) is 55.7 Å². The van der Waals surface area contributed by atoms with Crippen LogP contribution in [0.3, 0.4) is 0 Å². The Bertz CT molecular complexity index is 916. The van der Waals surface area contributed by atoms with Crippen LogP contribution in [0.1, 0.15) is 44.2 Å². The smallest absolute Gasteiger partial charge is 0.415 e. The molecule has 0 bridgehead atoms. The fraction of sp³-hybridized carbons (Fsp3) is 0.500. The SMILES string of the molecule is CCCCCOCCN(CCOc1ccc(CC(OCC)C(=O)O)cc1)C(=O)Oc1cccc(C)c1. The molecule has 0 aliphatic heterocycles. The number of aryl methyl sites for hydroxylation is 1. The lowest BCUT2D eigenvalue weighted by Crippen LogP contribution is -2.39. The Kier molecular flexibility index (Phi) is 13.4. The van der Waals surface area contributed by atoms with Gasteiger partial charge in [-0.25, -0.2) is 9.59 Å². The number of carbonyl (C=O) groups excluding carboxylic acids is 1. The Morgan fingerprint density at radius 2 is 1.69 bits per heavy atom. The summed E-state index contributed by atoms with van der Waals surface area (Å²) in [6, 6.07) is 14.6. The minimum Gasteiger partial charge on any atom is -0.492 e. The molecule has 1 N–H and O–H groups in total. The molecule has 2 rings (SSSR count). The van der Waals surface area contributed by atoms with Crippen molar-refractivity contribution in [1.82, 2.24) is 4.90 Å². The number of carbonyl (C=O) groups is 2. The number of benzene rings is 2. The summed E-state index contributed by atoms with van der Waals surface area (Å²) >= 11 is 0. The van der Waals surface area contributed by atoms with Crippen molar-refractivity contribution in [3.05, 3.63) is 59.7 Å². The van der Waals surface area contributed by atoms with Gasteiger partial charge >= 0.3 is 12.1 Å². The zero-order valence-electron chi connectivity index (χ0n) is 21.6. The molecule has 8 heteroatoms. The molecule has 0 aromatic heterocycles. The third-order valence-corrected chi connectivity index (χ3v) is 5.47. The summed E-state index contributed by atoms with van der Waals surface area (Å²) < 4.78 is 22.4. The summed E-state index contributed by atoms with van der Waals surface area (Å²) in [5.74, 6) is 0.145. The summed E-state index contributed by atoms with van der Waals surface area (Å²) in [5, 5.41) is 9.25. The molecule has 0 aliphatic carbocycles. The lowest BCUT2D eigenvalue weighted by Gasteiger charge is -2.22. The van der Waals surface area contributed by atoms with E-state index in [1.807, 2.05) is 37.3 Å². The maximum atomic E-state index is 12.8. The number of carboxylic acids is 1. The van der Waals surface area contributed by atoms with E-state index in [9.17, 15) is 14.7 Å². The zero-order chi connectivity index (χ0) is 26.2. The molecule has 1 unspecified atom stereocenters. The average molecular weight is 502 g/mol. The van der Waals surface area contributed by atoms with Crippen LogP contribution in [-0.4, -0.2) is 67.7 Å². The third kappa shape index (κ3) is 11.1. The second-order valence-corrected chi connectivity index (χ2v) is 8.47. The Hall–Kier alpha value is -3.10. The highest BCUT2D eigenvalue weighted by atomic mass is 16.6. The van der Waals surface area contributed by atoms with Crippen molar-refractivity contribution in [3.8, 4) is 11.5 Å². The van der Waals surface area contributed by atoms with E-state index in [2.05, 4.69) is 6.92 Å². The summed E-state index contributed by atoms with van der Waals surface area (Å²) in [6.45, 7) is 8.28. The first-order chi connectivity index (χ1) is 17.4. The van der Waals surface area contributed by atoms with Gasteiger partial charge in [-0.3, -0.25) is 0 Å². The number of amides is 1. The van der Waals surface area contributed by atoms with E-state index < -0.39 is 18.2 Å². The topological polar surface area (TPSA) is 94.5 Å². The van der Waals surface area contributed by atoms with Crippen molar-refractivity contribution in [2.75, 3.05) is 39.5 Å². The largest absolute Gasteiger partial charge is 0.492 e. The van der Waals surface area contributed by atoms with E-state index in [0.29, 0.717) is 44.4 Å². The van der Waals surface area contributed by atoms with Gasteiger partial charge in [0.05, 0.1) is 13.2 Å². The van der Waals surface area contributed by atoms with Crippen LogP contribution in [0.4, 0.5) is 4.79 Å². The number of hydrogen-bond acceptors (Lipinski definition) is 6. The molecule has 0 fully saturated rings. The summed E-state index contributed by atoms with van der Waals surface area (Å²) in [7, 11) is 0. The molecule has 198 valence electrons. The number of unbranched alkanes of at least 4 members (excludes halogenated alkanes) is 2. The molecule has 1 atom stereocenters. The van der Waals surface area contributed by atoms with Gasteiger partial charge < -0.3 is 29.0 Å². The normalized spacial score (nSPS) is 11.6. The second kappa shape index (κ2) is 16.5. The minimum atomic E-state index is -0.982. The van der Waals surface area contributed by atoms with Crippen molar-refractivity contribution in [3.63, 3.8) is 0 Å². The van der Waals surface area contributed by atoms with Crippen LogP contribution in [0.2, 0.25) is 0 Å². The highest BCUT2D eigenvalue weighted by molar-refractivity contribution is 5.72. The predicted molar refractivity (Wildman–Crippen MR) is 138 cm³/mol. The summed E-state index contributed by atoms with van der Waals surface area (Å²) in [4.78, 5) is 25.7. The van der Waals surface area contributed by atoms with E-state index >= 15 is 0 Å². The van der Waals surface area contributed by atoms with Gasteiger partial charge in [0.15, 0.2) is 6.10 Å². The lowest BCUT2D eigenvalue weighted by atomic mass is 10.1. The third-order valence-electron chi connectivity index (χ3n) is 5.47. The van der Waals surface area contributed by atoms with Crippen LogP contribution in [0, 0.1) is 6.92 Å². The molecule has 0 spiro atoms. The number of nitrogens with zero attached hydrogens (tertiary/aromatic N) is 1. The number of hydrogen-bond donors (Lipinski definition) is 1. The fourth-order valence-electron chi connectivity index (χ4n) is 3.50. The molecular weight excluding hydrogens is 462 g/mol. The van der Waals surface area contributed by atoms with Crippen LogP contribution < -0.4 is 9.47 Å². The van der Waals surface area contributed by atoms with Crippen molar-refractivity contribution in [2.24, 2.45) is 0 Å². The summed E-state index contributed by atoms with van der Waals surface area (Å²) in [6.07, 6.45) is 2.20. The maximum Gasteiger partial charge on any atom is 0.415 e. The number of aliphatic carboxylic acids is 1. The van der Waals surface area contributed by atoms with Crippen LogP contribution in [0.5, 0.6) is 11.5 Å². The van der Waals surface area contributed by atoms with Gasteiger partial charge in [-0.2, -0.15) is 0 Å². The molecule has 2 aromatic rings. The molecule has 1 amide bonds. The number of rotatable bonds is 17. The van der Waals surface area contributed by atoms with Crippen LogP contribution in [-0.2, 0) is 20.7 Å². The Morgan fingerprint density at radius 3 is 2.36 bits per heavy atom. The van der Waals surface area contributed by atoms with E-state index in [1.165, 1.54) is 0 Å². The van der Waals surface area contributed by atoms with Gasteiger partial charge in [0.25, 0.3) is 0 Å². The van der Waals surface area contributed by atoms with E-state index in [4.69, 9.17) is 18.9 Å². The van der Waals surface area contributed by atoms with E-state index in [1.54, 1.807) is 30.0 Å². The second-order valence-electron chi connectivity index (χ2n) is 8.47. The zero-order valence-corrected chi connectivity index (χ0v) is 21.6. The summed E-state index contributed by atoms with van der Waals surface area (Å²) in [5.41, 5.74) is 1.85. The van der Waals surface area contributed by atoms with Crippen LogP contribution in [0.25, 0.3) is 0 Å². The first kappa shape index (κ1) is 29.1. The molecule has 36 heavy (non-hydrogen) atoms. The van der Waals surface area contributed by atoms with Gasteiger partial charge in [0.1, 0.15) is 18.1 Å². The Labute approximate surface area is 214 Å². The highest BCUT2D eigenvalue weighted by Crippen LogP contribution is 2.16. The molecule has 0 heterocycles. The van der Waals surface area contributed by atoms with Crippen molar-refractivity contribution >= 4 is 12.1 Å². The quantitative estimate of drug-likeness (QED) is 0.301.